The Bertz CT molecular complexity index is 1380. The minimum absolute atomic E-state index is 0.141. The standard InChI is InChI=1S/C26H27N5O4/c1-3-34-12-13-35-20-9-4-17(5-10-20)15-31-21(32)11-8-19-14-27-24(30-25(19)31)22-23(18-6-7-18)28-16-29-26(22)33-2/h4-5,8-11,14,16,18H,3,6-7,12-13,15H2,1-2H3. The molecule has 0 N–H and O–H groups in total. The molecule has 5 rings (SSSR count). The van der Waals surface area contributed by atoms with Gasteiger partial charge in [0.2, 0.25) is 5.88 Å². The summed E-state index contributed by atoms with van der Waals surface area (Å²) in [7, 11) is 1.57. The van der Waals surface area contributed by atoms with Crippen molar-refractivity contribution in [1.82, 2.24) is 24.5 Å². The van der Waals surface area contributed by atoms with Crippen LogP contribution in [0.4, 0.5) is 0 Å². The normalized spacial score (nSPS) is 13.2. The van der Waals surface area contributed by atoms with E-state index in [-0.39, 0.29) is 5.56 Å². The number of aromatic nitrogens is 5. The molecule has 3 aromatic heterocycles. The van der Waals surface area contributed by atoms with Crippen LogP contribution in [0.3, 0.4) is 0 Å². The second-order valence-electron chi connectivity index (χ2n) is 8.34. The van der Waals surface area contributed by atoms with E-state index in [1.807, 2.05) is 31.2 Å². The molecule has 4 aromatic rings. The number of hydrogen-bond acceptors (Lipinski definition) is 8. The van der Waals surface area contributed by atoms with Crippen LogP contribution in [-0.4, -0.2) is 51.4 Å². The van der Waals surface area contributed by atoms with Gasteiger partial charge < -0.3 is 14.2 Å². The van der Waals surface area contributed by atoms with E-state index in [1.165, 1.54) is 6.33 Å². The number of hydrogen-bond donors (Lipinski definition) is 0. The van der Waals surface area contributed by atoms with Gasteiger partial charge in [0, 0.05) is 30.2 Å². The lowest BCUT2D eigenvalue weighted by Crippen LogP contribution is -2.21. The first kappa shape index (κ1) is 22.9. The highest BCUT2D eigenvalue weighted by Crippen LogP contribution is 2.44. The SMILES string of the molecule is CCOCCOc1ccc(Cn2c(=O)ccc3cnc(-c4c(OC)ncnc4C4CC4)nc32)cc1. The molecule has 0 saturated heterocycles. The van der Waals surface area contributed by atoms with E-state index in [1.54, 1.807) is 30.0 Å². The van der Waals surface area contributed by atoms with Crippen molar-refractivity contribution in [3.05, 3.63) is 70.5 Å². The molecule has 180 valence electrons. The fraction of sp³-hybridized carbons (Fsp3) is 0.346. The summed E-state index contributed by atoms with van der Waals surface area (Å²) in [6.07, 6.45) is 5.37. The zero-order valence-corrected chi connectivity index (χ0v) is 19.8. The van der Waals surface area contributed by atoms with Crippen molar-refractivity contribution in [1.29, 1.82) is 0 Å². The second-order valence-corrected chi connectivity index (χ2v) is 8.34. The molecule has 9 heteroatoms. The van der Waals surface area contributed by atoms with Crippen molar-refractivity contribution in [2.45, 2.75) is 32.2 Å². The van der Waals surface area contributed by atoms with Crippen LogP contribution >= 0.6 is 0 Å². The lowest BCUT2D eigenvalue weighted by molar-refractivity contribution is 0.110. The lowest BCUT2D eigenvalue weighted by Gasteiger charge is -2.13. The summed E-state index contributed by atoms with van der Waals surface area (Å²) in [5, 5.41) is 0.771. The number of nitrogens with zero attached hydrogens (tertiary/aromatic N) is 5. The molecular formula is C26H27N5O4. The van der Waals surface area contributed by atoms with Crippen LogP contribution in [0, 0.1) is 0 Å². The Morgan fingerprint density at radius 1 is 1.03 bits per heavy atom. The summed E-state index contributed by atoms with van der Waals surface area (Å²) in [5.41, 5.74) is 2.94. The predicted octanol–water partition coefficient (Wildman–Crippen LogP) is 3.60. The molecule has 0 radical (unpaired) electrons. The van der Waals surface area contributed by atoms with Gasteiger partial charge in [0.15, 0.2) is 5.82 Å². The molecule has 0 aliphatic heterocycles. The average molecular weight is 474 g/mol. The Hall–Kier alpha value is -3.85. The van der Waals surface area contributed by atoms with Crippen LogP contribution in [0.2, 0.25) is 0 Å². The van der Waals surface area contributed by atoms with Gasteiger partial charge >= 0.3 is 0 Å². The summed E-state index contributed by atoms with van der Waals surface area (Å²) in [4.78, 5) is 31.0. The minimum Gasteiger partial charge on any atom is -0.491 e. The van der Waals surface area contributed by atoms with E-state index in [0.29, 0.717) is 55.2 Å². The van der Waals surface area contributed by atoms with Gasteiger partial charge in [0.05, 0.1) is 26.0 Å². The van der Waals surface area contributed by atoms with Crippen molar-refractivity contribution >= 4 is 11.0 Å². The molecule has 1 aliphatic carbocycles. The van der Waals surface area contributed by atoms with E-state index in [4.69, 9.17) is 19.2 Å². The highest BCUT2D eigenvalue weighted by molar-refractivity contribution is 5.78. The van der Waals surface area contributed by atoms with Crippen LogP contribution in [0.25, 0.3) is 22.4 Å². The zero-order chi connectivity index (χ0) is 24.2. The quantitative estimate of drug-likeness (QED) is 0.322. The minimum atomic E-state index is -0.141. The second kappa shape index (κ2) is 10.2. The summed E-state index contributed by atoms with van der Waals surface area (Å²) < 4.78 is 18.2. The largest absolute Gasteiger partial charge is 0.491 e. The molecule has 3 heterocycles. The topological polar surface area (TPSA) is 101 Å². The van der Waals surface area contributed by atoms with Crippen molar-refractivity contribution in [3.63, 3.8) is 0 Å². The van der Waals surface area contributed by atoms with E-state index < -0.39 is 0 Å². The maximum Gasteiger partial charge on any atom is 0.252 e. The predicted molar refractivity (Wildman–Crippen MR) is 131 cm³/mol. The number of rotatable bonds is 10. The van der Waals surface area contributed by atoms with Gasteiger partial charge in [-0.2, -0.15) is 0 Å². The van der Waals surface area contributed by atoms with Crippen molar-refractivity contribution < 1.29 is 14.2 Å². The molecule has 0 bridgehead atoms. The highest BCUT2D eigenvalue weighted by atomic mass is 16.5. The average Bonchev–Trinajstić information content (AvgIpc) is 3.74. The van der Waals surface area contributed by atoms with E-state index in [2.05, 4.69) is 15.0 Å². The highest BCUT2D eigenvalue weighted by Gasteiger charge is 2.31. The summed E-state index contributed by atoms with van der Waals surface area (Å²) in [6.45, 7) is 4.02. The number of fused-ring (bicyclic) bond motifs is 1. The molecule has 35 heavy (non-hydrogen) atoms. The number of benzene rings is 1. The monoisotopic (exact) mass is 473 g/mol. The molecule has 0 atom stereocenters. The summed E-state index contributed by atoms with van der Waals surface area (Å²) >= 11 is 0. The van der Waals surface area contributed by atoms with Gasteiger partial charge in [-0.05, 0) is 43.5 Å². The number of methoxy groups -OCH3 is 1. The van der Waals surface area contributed by atoms with Crippen molar-refractivity contribution in [2.75, 3.05) is 26.9 Å². The molecule has 1 aromatic carbocycles. The van der Waals surface area contributed by atoms with Gasteiger partial charge in [-0.1, -0.05) is 12.1 Å². The molecule has 1 aliphatic rings. The summed E-state index contributed by atoms with van der Waals surface area (Å²) in [5.74, 6) is 2.00. The smallest absolute Gasteiger partial charge is 0.252 e. The summed E-state index contributed by atoms with van der Waals surface area (Å²) in [6, 6.07) is 11.0. The molecule has 0 amide bonds. The molecule has 1 saturated carbocycles. The molecule has 0 unspecified atom stereocenters. The third-order valence-corrected chi connectivity index (χ3v) is 5.91. The van der Waals surface area contributed by atoms with Crippen LogP contribution in [0.1, 0.15) is 36.9 Å². The maximum atomic E-state index is 12.9. The Labute approximate surface area is 202 Å². The first-order valence-electron chi connectivity index (χ1n) is 11.7. The van der Waals surface area contributed by atoms with Gasteiger partial charge in [-0.15, -0.1) is 0 Å². The Morgan fingerprint density at radius 2 is 1.86 bits per heavy atom. The van der Waals surface area contributed by atoms with Gasteiger partial charge in [0.25, 0.3) is 5.56 Å². The van der Waals surface area contributed by atoms with E-state index >= 15 is 0 Å². The molecule has 9 nitrogen and oxygen atoms in total. The number of pyridine rings is 1. The maximum absolute atomic E-state index is 12.9. The number of ether oxygens (including phenoxy) is 3. The van der Waals surface area contributed by atoms with Gasteiger partial charge in [-0.25, -0.2) is 19.9 Å². The lowest BCUT2D eigenvalue weighted by atomic mass is 10.1. The first-order chi connectivity index (χ1) is 17.2. The van der Waals surface area contributed by atoms with Gasteiger partial charge in [0.1, 0.15) is 29.9 Å². The third-order valence-electron chi connectivity index (χ3n) is 5.91. The van der Waals surface area contributed by atoms with Gasteiger partial charge in [-0.3, -0.25) is 9.36 Å². The molecule has 1 fully saturated rings. The molecular weight excluding hydrogens is 446 g/mol. The Morgan fingerprint density at radius 3 is 2.60 bits per heavy atom. The van der Waals surface area contributed by atoms with Crippen LogP contribution in [0.5, 0.6) is 11.6 Å². The van der Waals surface area contributed by atoms with Crippen molar-refractivity contribution in [2.24, 2.45) is 0 Å². The third kappa shape index (κ3) is 5.00. The van der Waals surface area contributed by atoms with Crippen LogP contribution in [0.15, 0.2) is 53.7 Å². The van der Waals surface area contributed by atoms with Crippen molar-refractivity contribution in [3.8, 4) is 23.0 Å². The van der Waals surface area contributed by atoms with E-state index in [0.717, 1.165) is 35.2 Å². The Balaban J connectivity index is 1.48. The fourth-order valence-corrected chi connectivity index (χ4v) is 3.99. The van der Waals surface area contributed by atoms with Crippen LogP contribution in [-0.2, 0) is 11.3 Å². The molecule has 0 spiro atoms. The Kier molecular flexibility index (Phi) is 6.67. The fourth-order valence-electron chi connectivity index (χ4n) is 3.99. The van der Waals surface area contributed by atoms with E-state index in [9.17, 15) is 4.79 Å². The zero-order valence-electron chi connectivity index (χ0n) is 19.8. The van der Waals surface area contributed by atoms with Crippen LogP contribution < -0.4 is 15.0 Å². The first-order valence-corrected chi connectivity index (χ1v) is 11.7.